The Hall–Kier alpha value is -1.09. The molecule has 1 saturated carbocycles. The van der Waals surface area contributed by atoms with Crippen molar-refractivity contribution in [1.82, 2.24) is 10.3 Å². The van der Waals surface area contributed by atoms with Crippen molar-refractivity contribution in [2.45, 2.75) is 58.5 Å². The Morgan fingerprint density at radius 3 is 2.68 bits per heavy atom. The molecule has 2 rings (SSSR count). The maximum Gasteiger partial charge on any atom is 0.128 e. The highest BCUT2D eigenvalue weighted by atomic mass is 15.2. The van der Waals surface area contributed by atoms with Crippen molar-refractivity contribution in [3.05, 3.63) is 23.9 Å². The molecule has 0 radical (unpaired) electrons. The van der Waals surface area contributed by atoms with Crippen LogP contribution in [0, 0.1) is 0 Å². The van der Waals surface area contributed by atoms with E-state index in [1.54, 1.807) is 0 Å². The first-order valence-corrected chi connectivity index (χ1v) is 7.77. The average Bonchev–Trinajstić information content (AvgIpc) is 3.26. The topological polar surface area (TPSA) is 28.2 Å². The lowest BCUT2D eigenvalue weighted by Gasteiger charge is -2.23. The highest BCUT2D eigenvalue weighted by Crippen LogP contribution is 2.30. The zero-order valence-electron chi connectivity index (χ0n) is 12.4. The van der Waals surface area contributed by atoms with Crippen molar-refractivity contribution >= 4 is 5.82 Å². The SMILES string of the molecule is CCCCN(c1ccc(CNCCC)cn1)C1CC1. The van der Waals surface area contributed by atoms with Gasteiger partial charge in [0.05, 0.1) is 0 Å². The second-order valence-electron chi connectivity index (χ2n) is 5.48. The zero-order chi connectivity index (χ0) is 13.5. The van der Waals surface area contributed by atoms with Crippen LogP contribution in [0.5, 0.6) is 0 Å². The summed E-state index contributed by atoms with van der Waals surface area (Å²) in [6.07, 6.45) is 8.40. The number of pyridine rings is 1. The first kappa shape index (κ1) is 14.3. The molecule has 0 unspecified atom stereocenters. The first-order valence-electron chi connectivity index (χ1n) is 7.77. The number of hydrogen-bond donors (Lipinski definition) is 1. The van der Waals surface area contributed by atoms with Gasteiger partial charge in [-0.25, -0.2) is 4.98 Å². The Morgan fingerprint density at radius 2 is 2.11 bits per heavy atom. The minimum atomic E-state index is 0.753. The van der Waals surface area contributed by atoms with Gasteiger partial charge in [-0.15, -0.1) is 0 Å². The third-order valence-corrected chi connectivity index (χ3v) is 3.60. The maximum absolute atomic E-state index is 4.66. The maximum atomic E-state index is 4.66. The van der Waals surface area contributed by atoms with E-state index in [4.69, 9.17) is 0 Å². The monoisotopic (exact) mass is 261 g/mol. The lowest BCUT2D eigenvalue weighted by molar-refractivity contribution is 0.672. The fourth-order valence-electron chi connectivity index (χ4n) is 2.30. The van der Waals surface area contributed by atoms with Gasteiger partial charge >= 0.3 is 0 Å². The van der Waals surface area contributed by atoms with E-state index < -0.39 is 0 Å². The fourth-order valence-corrected chi connectivity index (χ4v) is 2.30. The molecule has 1 aliphatic rings. The molecule has 0 amide bonds. The summed E-state index contributed by atoms with van der Waals surface area (Å²) in [6.45, 7) is 7.60. The largest absolute Gasteiger partial charge is 0.354 e. The van der Waals surface area contributed by atoms with Crippen LogP contribution in [0.4, 0.5) is 5.82 Å². The molecule has 1 N–H and O–H groups in total. The summed E-state index contributed by atoms with van der Waals surface area (Å²) in [6, 6.07) is 5.16. The van der Waals surface area contributed by atoms with Gasteiger partial charge in [0.25, 0.3) is 0 Å². The quantitative estimate of drug-likeness (QED) is 0.691. The van der Waals surface area contributed by atoms with E-state index >= 15 is 0 Å². The zero-order valence-corrected chi connectivity index (χ0v) is 12.4. The van der Waals surface area contributed by atoms with Crippen LogP contribution in [0.25, 0.3) is 0 Å². The number of rotatable bonds is 9. The van der Waals surface area contributed by atoms with Crippen molar-refractivity contribution in [3.8, 4) is 0 Å². The number of hydrogen-bond acceptors (Lipinski definition) is 3. The predicted octanol–water partition coefficient (Wildman–Crippen LogP) is 3.35. The van der Waals surface area contributed by atoms with Crippen LogP contribution in [0.15, 0.2) is 18.3 Å². The molecule has 1 aromatic heterocycles. The minimum Gasteiger partial charge on any atom is -0.354 e. The highest BCUT2D eigenvalue weighted by molar-refractivity contribution is 5.42. The molecule has 106 valence electrons. The summed E-state index contributed by atoms with van der Waals surface area (Å²) in [5.74, 6) is 1.16. The summed E-state index contributed by atoms with van der Waals surface area (Å²) < 4.78 is 0. The Kier molecular flexibility index (Phi) is 5.64. The molecule has 0 spiro atoms. The summed E-state index contributed by atoms with van der Waals surface area (Å²) in [5, 5.41) is 3.42. The molecular weight excluding hydrogens is 234 g/mol. The van der Waals surface area contributed by atoms with E-state index in [-0.39, 0.29) is 0 Å². The van der Waals surface area contributed by atoms with Crippen LogP contribution in [0.3, 0.4) is 0 Å². The molecule has 0 aliphatic heterocycles. The number of aromatic nitrogens is 1. The van der Waals surface area contributed by atoms with Crippen molar-refractivity contribution in [3.63, 3.8) is 0 Å². The third-order valence-electron chi connectivity index (χ3n) is 3.60. The molecular formula is C16H27N3. The van der Waals surface area contributed by atoms with Crippen LogP contribution >= 0.6 is 0 Å². The molecule has 1 aliphatic carbocycles. The van der Waals surface area contributed by atoms with Gasteiger partial charge in [0.1, 0.15) is 5.82 Å². The van der Waals surface area contributed by atoms with Crippen molar-refractivity contribution in [1.29, 1.82) is 0 Å². The molecule has 1 heterocycles. The number of anilines is 1. The molecule has 3 nitrogen and oxygen atoms in total. The summed E-state index contributed by atoms with van der Waals surface area (Å²) >= 11 is 0. The Morgan fingerprint density at radius 1 is 1.26 bits per heavy atom. The van der Waals surface area contributed by atoms with Crippen molar-refractivity contribution in [2.24, 2.45) is 0 Å². The molecule has 1 aromatic rings. The lowest BCUT2D eigenvalue weighted by atomic mass is 10.2. The first-order chi connectivity index (χ1) is 9.35. The van der Waals surface area contributed by atoms with Crippen LogP contribution in [-0.2, 0) is 6.54 Å². The van der Waals surface area contributed by atoms with Crippen LogP contribution in [-0.4, -0.2) is 24.1 Å². The van der Waals surface area contributed by atoms with Gasteiger partial charge in [-0.3, -0.25) is 0 Å². The summed E-state index contributed by atoms with van der Waals surface area (Å²) in [5.41, 5.74) is 1.28. The molecule has 1 fully saturated rings. The molecule has 0 saturated heterocycles. The second-order valence-corrected chi connectivity index (χ2v) is 5.48. The van der Waals surface area contributed by atoms with E-state index in [1.165, 1.54) is 37.7 Å². The van der Waals surface area contributed by atoms with E-state index in [2.05, 4.69) is 41.2 Å². The lowest BCUT2D eigenvalue weighted by Crippen LogP contribution is -2.27. The average molecular weight is 261 g/mol. The van der Waals surface area contributed by atoms with Gasteiger partial charge in [-0.1, -0.05) is 26.3 Å². The van der Waals surface area contributed by atoms with Gasteiger partial charge in [-0.05, 0) is 43.9 Å². The van der Waals surface area contributed by atoms with Gasteiger partial charge in [-0.2, -0.15) is 0 Å². The molecule has 3 heteroatoms. The number of nitrogens with one attached hydrogen (secondary N) is 1. The van der Waals surface area contributed by atoms with E-state index in [9.17, 15) is 0 Å². The predicted molar refractivity (Wildman–Crippen MR) is 81.5 cm³/mol. The van der Waals surface area contributed by atoms with E-state index in [1.807, 2.05) is 6.20 Å². The number of unbranched alkanes of at least 4 members (excludes halogenated alkanes) is 1. The summed E-state index contributed by atoms with van der Waals surface area (Å²) in [7, 11) is 0. The second kappa shape index (κ2) is 7.49. The van der Waals surface area contributed by atoms with Gasteiger partial charge in [0, 0.05) is 25.3 Å². The van der Waals surface area contributed by atoms with E-state index in [0.29, 0.717) is 0 Å². The smallest absolute Gasteiger partial charge is 0.128 e. The van der Waals surface area contributed by atoms with Crippen molar-refractivity contribution < 1.29 is 0 Å². The van der Waals surface area contributed by atoms with E-state index in [0.717, 1.165) is 31.5 Å². The van der Waals surface area contributed by atoms with Gasteiger partial charge < -0.3 is 10.2 Å². The fraction of sp³-hybridized carbons (Fsp3) is 0.688. The van der Waals surface area contributed by atoms with Crippen LogP contribution < -0.4 is 10.2 Å². The van der Waals surface area contributed by atoms with Crippen LogP contribution in [0.1, 0.15) is 51.5 Å². The van der Waals surface area contributed by atoms with Crippen LogP contribution in [0.2, 0.25) is 0 Å². The number of nitrogens with zero attached hydrogens (tertiary/aromatic N) is 2. The third kappa shape index (κ3) is 4.50. The standard InChI is InChI=1S/C16H27N3/c1-3-5-11-19(15-7-8-15)16-9-6-14(13-18-16)12-17-10-4-2/h6,9,13,15,17H,3-5,7-8,10-12H2,1-2H3. The molecule has 19 heavy (non-hydrogen) atoms. The van der Waals surface area contributed by atoms with Gasteiger partial charge in [0.2, 0.25) is 0 Å². The highest BCUT2D eigenvalue weighted by Gasteiger charge is 2.29. The molecule has 0 atom stereocenters. The van der Waals surface area contributed by atoms with Crippen molar-refractivity contribution in [2.75, 3.05) is 18.0 Å². The molecule has 0 aromatic carbocycles. The normalized spacial score (nSPS) is 14.6. The van der Waals surface area contributed by atoms with Gasteiger partial charge in [0.15, 0.2) is 0 Å². The Bertz CT molecular complexity index is 357. The Labute approximate surface area is 117 Å². The minimum absolute atomic E-state index is 0.753. The summed E-state index contributed by atoms with van der Waals surface area (Å²) in [4.78, 5) is 7.15. The molecule has 0 bridgehead atoms. The Balaban J connectivity index is 1.91.